The highest BCUT2D eigenvalue weighted by molar-refractivity contribution is 7.93. The third kappa shape index (κ3) is 3.72. The maximum Gasteiger partial charge on any atom is 0.265 e. The van der Waals surface area contributed by atoms with Crippen molar-refractivity contribution in [1.29, 1.82) is 0 Å². The van der Waals surface area contributed by atoms with Crippen LogP contribution in [0, 0.1) is 0 Å². The number of benzene rings is 2. The van der Waals surface area contributed by atoms with Crippen LogP contribution in [-0.2, 0) is 14.8 Å². The fourth-order valence-electron chi connectivity index (χ4n) is 3.27. The number of fused-ring (bicyclic) bond motifs is 3. The Kier molecular flexibility index (Phi) is 4.80. The zero-order valence-corrected chi connectivity index (χ0v) is 17.2. The summed E-state index contributed by atoms with van der Waals surface area (Å²) in [6.07, 6.45) is 0. The van der Waals surface area contributed by atoms with Gasteiger partial charge < -0.3 is 5.32 Å². The van der Waals surface area contributed by atoms with Crippen molar-refractivity contribution in [3.63, 3.8) is 0 Å². The van der Waals surface area contributed by atoms with Crippen LogP contribution in [0.2, 0.25) is 0 Å². The second kappa shape index (κ2) is 6.68. The summed E-state index contributed by atoms with van der Waals surface area (Å²) in [5, 5.41) is 2.84. The quantitative estimate of drug-likeness (QED) is 0.870. The van der Waals surface area contributed by atoms with Crippen molar-refractivity contribution in [2.45, 2.75) is 51.0 Å². The zero-order chi connectivity index (χ0) is 20.0. The standard InChI is InChI=1S/C21H26N2O3S/c1-14(2)15-10-11-18-17(12-15)16-8-6-7-9-19(16)27(25,26)23(18)13-20(24)22-21(3,4)5/h6-12,14H,13H2,1-5H3,(H,22,24). The molecule has 0 aromatic heterocycles. The van der Waals surface area contributed by atoms with E-state index in [0.717, 1.165) is 11.1 Å². The Morgan fingerprint density at radius 1 is 1.07 bits per heavy atom. The van der Waals surface area contributed by atoms with E-state index in [1.807, 2.05) is 51.1 Å². The molecule has 3 rings (SSSR count). The van der Waals surface area contributed by atoms with Crippen LogP contribution in [-0.4, -0.2) is 26.4 Å². The molecule has 2 aromatic rings. The summed E-state index contributed by atoms with van der Waals surface area (Å²) in [5.41, 5.74) is 2.76. The fourth-order valence-corrected chi connectivity index (χ4v) is 4.92. The summed E-state index contributed by atoms with van der Waals surface area (Å²) in [5.74, 6) is -0.0111. The molecule has 27 heavy (non-hydrogen) atoms. The smallest absolute Gasteiger partial charge is 0.265 e. The van der Waals surface area contributed by atoms with E-state index in [1.165, 1.54) is 4.31 Å². The van der Waals surface area contributed by atoms with Gasteiger partial charge in [0.1, 0.15) is 6.54 Å². The predicted molar refractivity (Wildman–Crippen MR) is 108 cm³/mol. The predicted octanol–water partition coefficient (Wildman–Crippen LogP) is 3.90. The number of anilines is 1. The van der Waals surface area contributed by atoms with E-state index in [0.29, 0.717) is 17.2 Å². The minimum atomic E-state index is -3.81. The number of sulfonamides is 1. The Hall–Kier alpha value is -2.34. The van der Waals surface area contributed by atoms with Crippen LogP contribution in [0.25, 0.3) is 11.1 Å². The van der Waals surface area contributed by atoms with Crippen molar-refractivity contribution in [3.05, 3.63) is 48.0 Å². The first kappa shape index (κ1) is 19.4. The summed E-state index contributed by atoms with van der Waals surface area (Å²) in [6, 6.07) is 12.7. The van der Waals surface area contributed by atoms with E-state index >= 15 is 0 Å². The second-order valence-corrected chi connectivity index (χ2v) is 10.1. The van der Waals surface area contributed by atoms with Crippen LogP contribution in [0.15, 0.2) is 47.4 Å². The average molecular weight is 387 g/mol. The van der Waals surface area contributed by atoms with Gasteiger partial charge in [-0.05, 0) is 50.5 Å². The van der Waals surface area contributed by atoms with E-state index in [9.17, 15) is 13.2 Å². The van der Waals surface area contributed by atoms with Crippen molar-refractivity contribution >= 4 is 21.6 Å². The molecule has 0 aliphatic carbocycles. The van der Waals surface area contributed by atoms with E-state index in [-0.39, 0.29) is 17.3 Å². The van der Waals surface area contributed by atoms with Crippen LogP contribution >= 0.6 is 0 Å². The molecule has 0 unspecified atom stereocenters. The molecular weight excluding hydrogens is 360 g/mol. The lowest BCUT2D eigenvalue weighted by atomic mass is 9.95. The highest BCUT2D eigenvalue weighted by atomic mass is 32.2. The third-order valence-corrected chi connectivity index (χ3v) is 6.32. The molecule has 1 heterocycles. The Balaban J connectivity index is 2.14. The van der Waals surface area contributed by atoms with Gasteiger partial charge in [0.25, 0.3) is 10.0 Å². The first-order valence-corrected chi connectivity index (χ1v) is 10.5. The summed E-state index contributed by atoms with van der Waals surface area (Å²) in [4.78, 5) is 12.7. The first-order chi connectivity index (χ1) is 12.5. The van der Waals surface area contributed by atoms with E-state index in [2.05, 4.69) is 19.2 Å². The van der Waals surface area contributed by atoms with Crippen molar-refractivity contribution in [2.75, 3.05) is 10.8 Å². The monoisotopic (exact) mass is 386 g/mol. The van der Waals surface area contributed by atoms with Crippen LogP contribution < -0.4 is 9.62 Å². The molecule has 0 bridgehead atoms. The van der Waals surface area contributed by atoms with Gasteiger partial charge in [0, 0.05) is 16.7 Å². The van der Waals surface area contributed by atoms with Crippen LogP contribution in [0.1, 0.15) is 46.1 Å². The van der Waals surface area contributed by atoms with Gasteiger partial charge in [0.05, 0.1) is 10.6 Å². The molecule has 6 heteroatoms. The lowest BCUT2D eigenvalue weighted by molar-refractivity contribution is -0.121. The minimum absolute atomic E-state index is 0.238. The lowest BCUT2D eigenvalue weighted by Crippen LogP contribution is -2.48. The molecule has 0 spiro atoms. The molecule has 1 amide bonds. The molecule has 0 fully saturated rings. The van der Waals surface area contributed by atoms with E-state index < -0.39 is 15.6 Å². The molecule has 1 N–H and O–H groups in total. The van der Waals surface area contributed by atoms with Gasteiger partial charge in [-0.3, -0.25) is 9.10 Å². The average Bonchev–Trinajstić information content (AvgIpc) is 2.56. The normalized spacial score (nSPS) is 15.3. The highest BCUT2D eigenvalue weighted by Crippen LogP contribution is 2.43. The van der Waals surface area contributed by atoms with E-state index in [1.54, 1.807) is 12.1 Å². The number of hydrogen-bond acceptors (Lipinski definition) is 3. The number of carbonyl (C=O) groups excluding carboxylic acids is 1. The summed E-state index contributed by atoms with van der Waals surface area (Å²) >= 11 is 0. The molecule has 0 atom stereocenters. The van der Waals surface area contributed by atoms with Crippen molar-refractivity contribution in [2.24, 2.45) is 0 Å². The Labute approximate surface area is 161 Å². The van der Waals surface area contributed by atoms with Crippen LogP contribution in [0.4, 0.5) is 5.69 Å². The largest absolute Gasteiger partial charge is 0.350 e. The number of rotatable bonds is 3. The van der Waals surface area contributed by atoms with Gasteiger partial charge in [-0.15, -0.1) is 0 Å². The number of hydrogen-bond donors (Lipinski definition) is 1. The molecule has 144 valence electrons. The third-order valence-electron chi connectivity index (χ3n) is 4.50. The van der Waals surface area contributed by atoms with Gasteiger partial charge in [0.15, 0.2) is 0 Å². The second-order valence-electron chi connectivity index (χ2n) is 8.24. The van der Waals surface area contributed by atoms with Gasteiger partial charge >= 0.3 is 0 Å². The van der Waals surface area contributed by atoms with Crippen molar-refractivity contribution in [3.8, 4) is 11.1 Å². The first-order valence-electron chi connectivity index (χ1n) is 9.08. The maximum absolute atomic E-state index is 13.2. The minimum Gasteiger partial charge on any atom is -0.350 e. The van der Waals surface area contributed by atoms with Gasteiger partial charge in [-0.2, -0.15) is 0 Å². The molecule has 5 nitrogen and oxygen atoms in total. The van der Waals surface area contributed by atoms with E-state index in [4.69, 9.17) is 0 Å². The summed E-state index contributed by atoms with van der Waals surface area (Å²) in [7, 11) is -3.81. The SMILES string of the molecule is CC(C)c1ccc2c(c1)-c1ccccc1S(=O)(=O)N2CC(=O)NC(C)(C)C. The van der Waals surface area contributed by atoms with Gasteiger partial charge in [-0.25, -0.2) is 8.42 Å². The molecule has 0 saturated carbocycles. The number of amides is 1. The summed E-state index contributed by atoms with van der Waals surface area (Å²) < 4.78 is 27.7. The van der Waals surface area contributed by atoms with Gasteiger partial charge in [-0.1, -0.05) is 38.1 Å². The van der Waals surface area contributed by atoms with Crippen LogP contribution in [0.5, 0.6) is 0 Å². The number of carbonyl (C=O) groups is 1. The number of nitrogens with one attached hydrogen (secondary N) is 1. The van der Waals surface area contributed by atoms with Crippen LogP contribution in [0.3, 0.4) is 0 Å². The topological polar surface area (TPSA) is 66.5 Å². The maximum atomic E-state index is 13.2. The van der Waals surface area contributed by atoms with Gasteiger partial charge in [0.2, 0.25) is 5.91 Å². The Morgan fingerprint density at radius 3 is 2.37 bits per heavy atom. The molecule has 0 radical (unpaired) electrons. The summed E-state index contributed by atoms with van der Waals surface area (Å²) in [6.45, 7) is 9.56. The molecular formula is C21H26N2O3S. The highest BCUT2D eigenvalue weighted by Gasteiger charge is 2.36. The van der Waals surface area contributed by atoms with Crippen molar-refractivity contribution < 1.29 is 13.2 Å². The fraction of sp³-hybridized carbons (Fsp3) is 0.381. The molecule has 2 aromatic carbocycles. The lowest BCUT2D eigenvalue weighted by Gasteiger charge is -2.33. The Morgan fingerprint density at radius 2 is 1.74 bits per heavy atom. The molecule has 0 saturated heterocycles. The molecule has 1 aliphatic rings. The van der Waals surface area contributed by atoms with Crippen molar-refractivity contribution in [1.82, 2.24) is 5.32 Å². The Bertz CT molecular complexity index is 989. The molecule has 1 aliphatic heterocycles. The number of nitrogens with zero attached hydrogens (tertiary/aromatic N) is 1. The zero-order valence-electron chi connectivity index (χ0n) is 16.4.